The van der Waals surface area contributed by atoms with Gasteiger partial charge in [0, 0.05) is 6.42 Å². The summed E-state index contributed by atoms with van der Waals surface area (Å²) in [5, 5.41) is 18.5. The zero-order valence-electron chi connectivity index (χ0n) is 21.0. The fraction of sp³-hybridized carbons (Fsp3) is 0.885. The number of ketones is 1. The molecule has 0 aromatic heterocycles. The van der Waals surface area contributed by atoms with Crippen LogP contribution in [0, 0.1) is 0 Å². The molecule has 2 unspecified atom stereocenters. The average molecular weight is 443 g/mol. The van der Waals surface area contributed by atoms with E-state index in [4.69, 9.17) is 9.84 Å². The van der Waals surface area contributed by atoms with Crippen LogP contribution in [-0.2, 0) is 9.53 Å². The second-order valence-electron chi connectivity index (χ2n) is 9.93. The molecule has 0 aliphatic heterocycles. The number of quaternary nitrogens is 1. The second kappa shape index (κ2) is 19.9. The van der Waals surface area contributed by atoms with E-state index in [0.29, 0.717) is 17.4 Å². The summed E-state index contributed by atoms with van der Waals surface area (Å²) < 4.78 is 6.25. The molecular weight excluding hydrogens is 390 g/mol. The first-order valence-electron chi connectivity index (χ1n) is 12.7. The standard InChI is InChI=1S/C26H52NO4/c1-5-6-7-8-9-10-11-12-13-14-15-16-17-18-19-20-25(30)26(21-27(2,3)4)31-23-24(29)22-28/h12-13,24,26,28-29H,5-11,14-23H2,1-4H3/q+1/b13-12-. The van der Waals surface area contributed by atoms with Gasteiger partial charge in [0.1, 0.15) is 12.6 Å². The number of hydrogen-bond donors (Lipinski definition) is 2. The SMILES string of the molecule is CCCCCCCC/C=C\CCCCCCCC(=O)C(C[N+](C)(C)C)OCC(O)CO. The van der Waals surface area contributed by atoms with Gasteiger partial charge in [-0.1, -0.05) is 70.4 Å². The van der Waals surface area contributed by atoms with Crippen molar-refractivity contribution in [2.45, 2.75) is 109 Å². The number of carbonyl (C=O) groups excluding carboxylic acids is 1. The van der Waals surface area contributed by atoms with Crippen LogP contribution < -0.4 is 0 Å². The van der Waals surface area contributed by atoms with E-state index in [1.54, 1.807) is 0 Å². The van der Waals surface area contributed by atoms with Gasteiger partial charge in [-0.25, -0.2) is 0 Å². The summed E-state index contributed by atoms with van der Waals surface area (Å²) in [6.45, 7) is 2.48. The largest absolute Gasteiger partial charge is 0.394 e. The first kappa shape index (κ1) is 30.2. The van der Waals surface area contributed by atoms with Crippen molar-refractivity contribution in [3.8, 4) is 0 Å². The van der Waals surface area contributed by atoms with Crippen molar-refractivity contribution in [1.29, 1.82) is 0 Å². The number of Topliss-reactive ketones (excluding diaryl/α,β-unsaturated/α-hetero) is 1. The highest BCUT2D eigenvalue weighted by Gasteiger charge is 2.26. The first-order chi connectivity index (χ1) is 14.8. The summed E-state index contributed by atoms with van der Waals surface area (Å²) in [5.74, 6) is 0.107. The van der Waals surface area contributed by atoms with Crippen LogP contribution in [0.2, 0.25) is 0 Å². The van der Waals surface area contributed by atoms with Crippen molar-refractivity contribution in [2.24, 2.45) is 0 Å². The lowest BCUT2D eigenvalue weighted by Gasteiger charge is -2.29. The van der Waals surface area contributed by atoms with Crippen molar-refractivity contribution in [1.82, 2.24) is 0 Å². The summed E-state index contributed by atoms with van der Waals surface area (Å²) >= 11 is 0. The molecule has 2 N–H and O–H groups in total. The van der Waals surface area contributed by atoms with Crippen molar-refractivity contribution in [3.63, 3.8) is 0 Å². The number of nitrogens with zero attached hydrogens (tertiary/aromatic N) is 1. The predicted octanol–water partition coefficient (Wildman–Crippen LogP) is 5.04. The van der Waals surface area contributed by atoms with E-state index >= 15 is 0 Å². The van der Waals surface area contributed by atoms with Crippen LogP contribution in [0.4, 0.5) is 0 Å². The molecule has 0 amide bonds. The molecule has 0 aromatic rings. The number of allylic oxidation sites excluding steroid dienone is 2. The van der Waals surface area contributed by atoms with E-state index in [2.05, 4.69) is 19.1 Å². The molecule has 0 aliphatic rings. The summed E-state index contributed by atoms with van der Waals surface area (Å²) in [7, 11) is 6.07. The van der Waals surface area contributed by atoms with Gasteiger partial charge in [-0.2, -0.15) is 0 Å². The molecule has 0 heterocycles. The Morgan fingerprint density at radius 3 is 1.90 bits per heavy atom. The van der Waals surface area contributed by atoms with E-state index < -0.39 is 12.2 Å². The highest BCUT2D eigenvalue weighted by atomic mass is 16.5. The van der Waals surface area contributed by atoms with Crippen LogP contribution in [0.1, 0.15) is 96.8 Å². The number of hydrogen-bond acceptors (Lipinski definition) is 4. The fourth-order valence-electron chi connectivity index (χ4n) is 3.56. The van der Waals surface area contributed by atoms with E-state index in [-0.39, 0.29) is 19.0 Å². The minimum Gasteiger partial charge on any atom is -0.394 e. The molecule has 0 aromatic carbocycles. The molecule has 0 aliphatic carbocycles. The van der Waals surface area contributed by atoms with Crippen LogP contribution in [0.5, 0.6) is 0 Å². The van der Waals surface area contributed by atoms with Crippen molar-refractivity contribution >= 4 is 5.78 Å². The Hall–Kier alpha value is -0.750. The van der Waals surface area contributed by atoms with E-state index in [0.717, 1.165) is 12.8 Å². The Morgan fingerprint density at radius 1 is 0.871 bits per heavy atom. The van der Waals surface area contributed by atoms with Gasteiger partial charge in [-0.05, 0) is 32.1 Å². The zero-order chi connectivity index (χ0) is 23.4. The Bertz CT molecular complexity index is 445. The van der Waals surface area contributed by atoms with Crippen molar-refractivity contribution < 1.29 is 24.2 Å². The Morgan fingerprint density at radius 2 is 1.39 bits per heavy atom. The monoisotopic (exact) mass is 442 g/mol. The molecule has 0 bridgehead atoms. The van der Waals surface area contributed by atoms with Crippen LogP contribution in [0.15, 0.2) is 12.2 Å². The van der Waals surface area contributed by atoms with Crippen molar-refractivity contribution in [3.05, 3.63) is 12.2 Å². The van der Waals surface area contributed by atoms with Crippen LogP contribution in [0.25, 0.3) is 0 Å². The third-order valence-electron chi connectivity index (χ3n) is 5.46. The topological polar surface area (TPSA) is 66.8 Å². The molecule has 2 atom stereocenters. The van der Waals surface area contributed by atoms with Gasteiger partial charge >= 0.3 is 0 Å². The Kier molecular flexibility index (Phi) is 19.4. The molecule has 0 spiro atoms. The molecular formula is C26H52NO4+. The molecule has 0 fully saturated rings. The molecule has 5 nitrogen and oxygen atoms in total. The number of carbonyl (C=O) groups is 1. The zero-order valence-corrected chi connectivity index (χ0v) is 21.0. The van der Waals surface area contributed by atoms with Gasteiger partial charge in [0.15, 0.2) is 11.9 Å². The van der Waals surface area contributed by atoms with Gasteiger partial charge < -0.3 is 19.4 Å². The smallest absolute Gasteiger partial charge is 0.167 e. The Labute approximate surface area is 192 Å². The lowest BCUT2D eigenvalue weighted by Crippen LogP contribution is -2.46. The quantitative estimate of drug-likeness (QED) is 0.140. The van der Waals surface area contributed by atoms with Gasteiger partial charge in [-0.15, -0.1) is 0 Å². The number of unbranched alkanes of at least 4 members (excludes halogenated alkanes) is 11. The van der Waals surface area contributed by atoms with Crippen molar-refractivity contribution in [2.75, 3.05) is 40.9 Å². The van der Waals surface area contributed by atoms with Crippen LogP contribution in [-0.4, -0.2) is 73.6 Å². The maximum absolute atomic E-state index is 12.6. The summed E-state index contributed by atoms with van der Waals surface area (Å²) in [6.07, 6.45) is 19.9. The number of aliphatic hydroxyl groups is 2. The summed E-state index contributed by atoms with van der Waals surface area (Å²) in [4.78, 5) is 12.6. The summed E-state index contributed by atoms with van der Waals surface area (Å²) in [6, 6.07) is 0. The highest BCUT2D eigenvalue weighted by molar-refractivity contribution is 5.83. The molecule has 184 valence electrons. The lowest BCUT2D eigenvalue weighted by atomic mass is 10.0. The number of rotatable bonds is 22. The lowest BCUT2D eigenvalue weighted by molar-refractivity contribution is -0.872. The second-order valence-corrected chi connectivity index (χ2v) is 9.93. The number of ether oxygens (including phenoxy) is 1. The molecule has 0 rings (SSSR count). The van der Waals surface area contributed by atoms with Crippen LogP contribution in [0.3, 0.4) is 0 Å². The third kappa shape index (κ3) is 20.9. The Balaban J connectivity index is 3.79. The number of aliphatic hydroxyl groups excluding tert-OH is 2. The van der Waals surface area contributed by atoms with Gasteiger partial charge in [0.25, 0.3) is 0 Å². The average Bonchev–Trinajstić information content (AvgIpc) is 2.72. The highest BCUT2D eigenvalue weighted by Crippen LogP contribution is 2.12. The van der Waals surface area contributed by atoms with Gasteiger partial charge in [-0.3, -0.25) is 4.79 Å². The van der Waals surface area contributed by atoms with E-state index in [9.17, 15) is 9.90 Å². The predicted molar refractivity (Wildman–Crippen MR) is 130 cm³/mol. The molecule has 0 radical (unpaired) electrons. The minimum atomic E-state index is -0.928. The number of likely N-dealkylation sites (N-methyl/N-ethyl adjacent to an activating group) is 1. The fourth-order valence-corrected chi connectivity index (χ4v) is 3.56. The van der Waals surface area contributed by atoms with E-state index in [1.165, 1.54) is 70.6 Å². The minimum absolute atomic E-state index is 0.000713. The molecule has 31 heavy (non-hydrogen) atoms. The van der Waals surface area contributed by atoms with Gasteiger partial charge in [0.2, 0.25) is 0 Å². The van der Waals surface area contributed by atoms with E-state index in [1.807, 2.05) is 21.1 Å². The molecule has 5 heteroatoms. The first-order valence-corrected chi connectivity index (χ1v) is 12.7. The maximum atomic E-state index is 12.6. The molecule has 0 saturated heterocycles. The van der Waals surface area contributed by atoms with Gasteiger partial charge in [0.05, 0.1) is 34.4 Å². The summed E-state index contributed by atoms with van der Waals surface area (Å²) in [5.41, 5.74) is 0. The third-order valence-corrected chi connectivity index (χ3v) is 5.46. The normalized spacial score (nSPS) is 14.3. The van der Waals surface area contributed by atoms with Crippen LogP contribution >= 0.6 is 0 Å². The maximum Gasteiger partial charge on any atom is 0.167 e. The molecule has 0 saturated carbocycles.